The second-order valence-electron chi connectivity index (χ2n) is 6.99. The Kier molecular flexibility index (Phi) is 4.77. The van der Waals surface area contributed by atoms with Gasteiger partial charge in [-0.25, -0.2) is 4.68 Å². The van der Waals surface area contributed by atoms with Crippen molar-refractivity contribution in [1.82, 2.24) is 24.5 Å². The van der Waals surface area contributed by atoms with Gasteiger partial charge < -0.3 is 0 Å². The summed E-state index contributed by atoms with van der Waals surface area (Å²) in [7, 11) is 4.17. The van der Waals surface area contributed by atoms with Crippen molar-refractivity contribution < 1.29 is 0 Å². The van der Waals surface area contributed by atoms with E-state index < -0.39 is 0 Å². The molecule has 5 heteroatoms. The Morgan fingerprint density at radius 2 is 1.84 bits per heavy atom. The van der Waals surface area contributed by atoms with Gasteiger partial charge in [0.1, 0.15) is 0 Å². The fourth-order valence-electron chi connectivity index (χ4n) is 3.56. The van der Waals surface area contributed by atoms with Crippen molar-refractivity contribution in [1.29, 1.82) is 0 Å². The van der Waals surface area contributed by atoms with Crippen molar-refractivity contribution in [2.24, 2.45) is 7.05 Å². The number of aryl methyl sites for hydroxylation is 4. The lowest BCUT2D eigenvalue weighted by molar-refractivity contribution is 0.317. The Balaban J connectivity index is 1.90. The van der Waals surface area contributed by atoms with Crippen molar-refractivity contribution in [2.45, 2.75) is 40.8 Å². The van der Waals surface area contributed by atoms with Gasteiger partial charge in [-0.1, -0.05) is 17.7 Å². The molecule has 0 amide bonds. The summed E-state index contributed by atoms with van der Waals surface area (Å²) in [6, 6.07) is 6.45. The van der Waals surface area contributed by atoms with E-state index in [4.69, 9.17) is 0 Å². The molecular formula is C20H27N5. The topological polar surface area (TPSA) is 38.9 Å². The van der Waals surface area contributed by atoms with Gasteiger partial charge >= 0.3 is 0 Å². The fourth-order valence-corrected chi connectivity index (χ4v) is 3.56. The minimum absolute atomic E-state index is 0.867. The molecule has 0 radical (unpaired) electrons. The third-order valence-corrected chi connectivity index (χ3v) is 4.78. The van der Waals surface area contributed by atoms with Crippen LogP contribution in [0.5, 0.6) is 0 Å². The van der Waals surface area contributed by atoms with Crippen LogP contribution in [0.15, 0.2) is 30.6 Å². The Morgan fingerprint density at radius 3 is 2.44 bits per heavy atom. The standard InChI is InChI=1S/C20H27N5/c1-14-10-15(2)20(25-9-7-8-21-25)18(11-14)12-23(5)13-19-16(3)22-24(6)17(19)4/h7-11H,12-13H2,1-6H3. The molecule has 0 saturated heterocycles. The molecule has 0 spiro atoms. The zero-order valence-corrected chi connectivity index (χ0v) is 16.0. The molecule has 0 N–H and O–H groups in total. The first-order valence-electron chi connectivity index (χ1n) is 8.64. The van der Waals surface area contributed by atoms with Crippen molar-refractivity contribution >= 4 is 0 Å². The molecule has 0 aliphatic heterocycles. The van der Waals surface area contributed by atoms with Gasteiger partial charge in [-0.2, -0.15) is 10.2 Å². The van der Waals surface area contributed by atoms with E-state index >= 15 is 0 Å². The first-order valence-corrected chi connectivity index (χ1v) is 8.64. The molecule has 2 heterocycles. The molecule has 0 saturated carbocycles. The van der Waals surface area contributed by atoms with Crippen molar-refractivity contribution in [3.63, 3.8) is 0 Å². The number of hydrogen-bond donors (Lipinski definition) is 0. The molecule has 3 rings (SSSR count). The average Bonchev–Trinajstić information content (AvgIpc) is 3.11. The Bertz CT molecular complexity index is 874. The van der Waals surface area contributed by atoms with Crippen LogP contribution in [0, 0.1) is 27.7 Å². The van der Waals surface area contributed by atoms with Gasteiger partial charge in [0.05, 0.1) is 11.4 Å². The summed E-state index contributed by atoms with van der Waals surface area (Å²) < 4.78 is 3.93. The van der Waals surface area contributed by atoms with Gasteiger partial charge in [-0.05, 0) is 51.9 Å². The highest BCUT2D eigenvalue weighted by Crippen LogP contribution is 2.23. The number of benzene rings is 1. The third kappa shape index (κ3) is 3.51. The molecule has 5 nitrogen and oxygen atoms in total. The van der Waals surface area contributed by atoms with Crippen LogP contribution in [-0.4, -0.2) is 31.5 Å². The molecular weight excluding hydrogens is 310 g/mol. The van der Waals surface area contributed by atoms with Crippen LogP contribution in [0.4, 0.5) is 0 Å². The van der Waals surface area contributed by atoms with E-state index in [1.54, 1.807) is 0 Å². The molecule has 132 valence electrons. The smallest absolute Gasteiger partial charge is 0.0719 e. The SMILES string of the molecule is Cc1cc(C)c(-n2cccn2)c(CN(C)Cc2c(C)nn(C)c2C)c1. The van der Waals surface area contributed by atoms with E-state index in [1.165, 1.54) is 33.6 Å². The molecule has 3 aromatic rings. The highest BCUT2D eigenvalue weighted by molar-refractivity contribution is 5.49. The molecule has 25 heavy (non-hydrogen) atoms. The number of rotatable bonds is 5. The summed E-state index contributed by atoms with van der Waals surface area (Å²) >= 11 is 0. The summed E-state index contributed by atoms with van der Waals surface area (Å²) in [5.74, 6) is 0. The zero-order valence-electron chi connectivity index (χ0n) is 16.0. The molecule has 1 aromatic carbocycles. The Morgan fingerprint density at radius 1 is 1.08 bits per heavy atom. The maximum atomic E-state index is 4.53. The van der Waals surface area contributed by atoms with E-state index in [-0.39, 0.29) is 0 Å². The first kappa shape index (κ1) is 17.4. The second kappa shape index (κ2) is 6.84. The summed E-state index contributed by atoms with van der Waals surface area (Å²) in [6.07, 6.45) is 3.84. The molecule has 0 unspecified atom stereocenters. The fraction of sp³-hybridized carbons (Fsp3) is 0.400. The quantitative estimate of drug-likeness (QED) is 0.715. The highest BCUT2D eigenvalue weighted by Gasteiger charge is 2.15. The van der Waals surface area contributed by atoms with Crippen LogP contribution in [0.25, 0.3) is 5.69 Å². The average molecular weight is 337 g/mol. The van der Waals surface area contributed by atoms with E-state index in [9.17, 15) is 0 Å². The van der Waals surface area contributed by atoms with Gasteiger partial charge in [-0.15, -0.1) is 0 Å². The van der Waals surface area contributed by atoms with Crippen LogP contribution in [-0.2, 0) is 20.1 Å². The number of hydrogen-bond acceptors (Lipinski definition) is 3. The highest BCUT2D eigenvalue weighted by atomic mass is 15.3. The van der Waals surface area contributed by atoms with Crippen molar-refractivity contribution in [2.75, 3.05) is 7.05 Å². The summed E-state index contributed by atoms with van der Waals surface area (Å²) in [6.45, 7) is 10.3. The molecule has 0 bridgehead atoms. The van der Waals surface area contributed by atoms with E-state index in [0.29, 0.717) is 0 Å². The zero-order chi connectivity index (χ0) is 18.1. The first-order chi connectivity index (χ1) is 11.9. The van der Waals surface area contributed by atoms with Gasteiger partial charge in [0.15, 0.2) is 0 Å². The molecule has 2 aromatic heterocycles. The Labute approximate surface area is 149 Å². The maximum Gasteiger partial charge on any atom is 0.0719 e. The van der Waals surface area contributed by atoms with Gasteiger partial charge in [0.2, 0.25) is 0 Å². The number of aromatic nitrogens is 4. The largest absolute Gasteiger partial charge is 0.298 e. The van der Waals surface area contributed by atoms with E-state index in [1.807, 2.05) is 34.9 Å². The van der Waals surface area contributed by atoms with Crippen LogP contribution < -0.4 is 0 Å². The predicted octanol–water partition coefficient (Wildman–Crippen LogP) is 3.47. The summed E-state index contributed by atoms with van der Waals surface area (Å²) in [5.41, 5.74) is 8.67. The van der Waals surface area contributed by atoms with E-state index in [0.717, 1.165) is 18.8 Å². The minimum Gasteiger partial charge on any atom is -0.298 e. The monoisotopic (exact) mass is 337 g/mol. The van der Waals surface area contributed by atoms with Gasteiger partial charge in [0.25, 0.3) is 0 Å². The molecule has 0 atom stereocenters. The van der Waals surface area contributed by atoms with Crippen LogP contribution in [0.2, 0.25) is 0 Å². The van der Waals surface area contributed by atoms with E-state index in [2.05, 4.69) is 62.0 Å². The normalized spacial score (nSPS) is 11.5. The molecule has 0 aliphatic rings. The number of nitrogens with zero attached hydrogens (tertiary/aromatic N) is 5. The predicted molar refractivity (Wildman–Crippen MR) is 101 cm³/mol. The van der Waals surface area contributed by atoms with Gasteiger partial charge in [-0.3, -0.25) is 9.58 Å². The third-order valence-electron chi connectivity index (χ3n) is 4.78. The maximum absolute atomic E-state index is 4.53. The lowest BCUT2D eigenvalue weighted by Crippen LogP contribution is -2.20. The van der Waals surface area contributed by atoms with Crippen LogP contribution in [0.3, 0.4) is 0 Å². The van der Waals surface area contributed by atoms with Crippen LogP contribution >= 0.6 is 0 Å². The molecule has 0 fully saturated rings. The minimum atomic E-state index is 0.867. The Hall–Kier alpha value is -2.40. The summed E-state index contributed by atoms with van der Waals surface area (Å²) in [5, 5.41) is 8.98. The molecule has 0 aliphatic carbocycles. The van der Waals surface area contributed by atoms with Crippen LogP contribution in [0.1, 0.15) is 33.6 Å². The second-order valence-corrected chi connectivity index (χ2v) is 6.99. The van der Waals surface area contributed by atoms with Gasteiger partial charge in [0, 0.05) is 43.8 Å². The summed E-state index contributed by atoms with van der Waals surface area (Å²) in [4.78, 5) is 2.35. The lowest BCUT2D eigenvalue weighted by atomic mass is 10.0. The van der Waals surface area contributed by atoms with Crippen molar-refractivity contribution in [3.05, 3.63) is 64.2 Å². The lowest BCUT2D eigenvalue weighted by Gasteiger charge is -2.21. The van der Waals surface area contributed by atoms with Crippen molar-refractivity contribution in [3.8, 4) is 5.69 Å².